The van der Waals surface area contributed by atoms with E-state index in [4.69, 9.17) is 16.3 Å². The van der Waals surface area contributed by atoms with Crippen molar-refractivity contribution in [2.24, 2.45) is 0 Å². The lowest BCUT2D eigenvalue weighted by atomic mass is 10.1. The molecule has 0 fully saturated rings. The Morgan fingerprint density at radius 3 is 3.00 bits per heavy atom. The van der Waals surface area contributed by atoms with Crippen molar-refractivity contribution in [3.05, 3.63) is 76.7 Å². The van der Waals surface area contributed by atoms with Gasteiger partial charge in [0.2, 0.25) is 0 Å². The fourth-order valence-electron chi connectivity index (χ4n) is 2.29. The Bertz CT molecular complexity index is 884. The van der Waals surface area contributed by atoms with Crippen LogP contribution in [0.3, 0.4) is 0 Å². The van der Waals surface area contributed by atoms with Gasteiger partial charge in [-0.1, -0.05) is 47.5 Å². The maximum Gasteiger partial charge on any atom is 0.331 e. The molecule has 0 atom stereocenters. The van der Waals surface area contributed by atoms with Crippen LogP contribution in [0.25, 0.3) is 11.7 Å². The first-order valence-electron chi connectivity index (χ1n) is 7.16. The quantitative estimate of drug-likeness (QED) is 0.536. The number of nitrogens with zero attached hydrogens (tertiary/aromatic N) is 2. The van der Waals surface area contributed by atoms with Gasteiger partial charge in [-0.2, -0.15) is 0 Å². The summed E-state index contributed by atoms with van der Waals surface area (Å²) in [5, 5.41) is 0.346. The van der Waals surface area contributed by atoms with E-state index in [1.165, 1.54) is 6.08 Å². The highest BCUT2D eigenvalue weighted by Gasteiger charge is 2.07. The summed E-state index contributed by atoms with van der Waals surface area (Å²) in [4.78, 5) is 16.1. The Balaban J connectivity index is 1.69. The molecular weight excluding hydrogens is 312 g/mol. The molecule has 2 heterocycles. The summed E-state index contributed by atoms with van der Waals surface area (Å²) in [5.74, 6) is -0.423. The van der Waals surface area contributed by atoms with Gasteiger partial charge < -0.3 is 4.74 Å². The van der Waals surface area contributed by atoms with Crippen molar-refractivity contribution in [3.8, 4) is 0 Å². The van der Waals surface area contributed by atoms with Crippen LogP contribution in [0.1, 0.15) is 16.8 Å². The van der Waals surface area contributed by atoms with Crippen molar-refractivity contribution >= 4 is 29.3 Å². The van der Waals surface area contributed by atoms with E-state index in [9.17, 15) is 4.79 Å². The number of pyridine rings is 1. The average molecular weight is 327 g/mol. The van der Waals surface area contributed by atoms with E-state index in [1.807, 2.05) is 60.0 Å². The molecule has 0 aliphatic heterocycles. The molecule has 0 spiro atoms. The van der Waals surface area contributed by atoms with Crippen LogP contribution >= 0.6 is 11.6 Å². The molecule has 5 heteroatoms. The molecule has 0 aliphatic rings. The van der Waals surface area contributed by atoms with E-state index >= 15 is 0 Å². The van der Waals surface area contributed by atoms with Gasteiger partial charge in [0.25, 0.3) is 0 Å². The average Bonchev–Trinajstić information content (AvgIpc) is 2.86. The number of aromatic nitrogens is 2. The molecule has 3 rings (SSSR count). The Kier molecular flexibility index (Phi) is 4.44. The highest BCUT2D eigenvalue weighted by molar-refractivity contribution is 6.31. The summed E-state index contributed by atoms with van der Waals surface area (Å²) in [5.41, 5.74) is 3.46. The molecule has 23 heavy (non-hydrogen) atoms. The standard InChI is InChI=1S/C18H15ClN2O2/c1-13-5-4-6-14(11-13)12-23-17(22)9-8-15-18(19)20-16-7-2-3-10-21(15)16/h2-11H,12H2,1H3/b9-8+. The Morgan fingerprint density at radius 1 is 1.30 bits per heavy atom. The number of aryl methyl sites for hydroxylation is 1. The predicted octanol–water partition coefficient (Wildman–Crippen LogP) is 4.05. The van der Waals surface area contributed by atoms with Crippen LogP contribution in [0.15, 0.2) is 54.7 Å². The molecule has 0 N–H and O–H groups in total. The van der Waals surface area contributed by atoms with E-state index in [2.05, 4.69) is 4.98 Å². The highest BCUT2D eigenvalue weighted by atomic mass is 35.5. The molecule has 116 valence electrons. The van der Waals surface area contributed by atoms with Crippen LogP contribution < -0.4 is 0 Å². The number of imidazole rings is 1. The van der Waals surface area contributed by atoms with E-state index in [1.54, 1.807) is 6.08 Å². The monoisotopic (exact) mass is 326 g/mol. The van der Waals surface area contributed by atoms with E-state index in [-0.39, 0.29) is 6.61 Å². The van der Waals surface area contributed by atoms with E-state index < -0.39 is 5.97 Å². The zero-order chi connectivity index (χ0) is 16.2. The summed E-state index contributed by atoms with van der Waals surface area (Å²) >= 11 is 6.11. The molecule has 0 amide bonds. The molecule has 0 saturated heterocycles. The molecule has 0 bridgehead atoms. The zero-order valence-electron chi connectivity index (χ0n) is 12.6. The number of ether oxygens (including phenoxy) is 1. The molecule has 0 unspecified atom stereocenters. The first-order chi connectivity index (χ1) is 11.1. The number of halogens is 1. The molecule has 0 aliphatic carbocycles. The minimum Gasteiger partial charge on any atom is -0.458 e. The fraction of sp³-hybridized carbons (Fsp3) is 0.111. The van der Waals surface area contributed by atoms with Crippen molar-refractivity contribution < 1.29 is 9.53 Å². The van der Waals surface area contributed by atoms with Crippen LogP contribution in [0.5, 0.6) is 0 Å². The van der Waals surface area contributed by atoms with Crippen LogP contribution in [-0.4, -0.2) is 15.4 Å². The predicted molar refractivity (Wildman–Crippen MR) is 90.2 cm³/mol. The number of rotatable bonds is 4. The smallest absolute Gasteiger partial charge is 0.331 e. The zero-order valence-corrected chi connectivity index (χ0v) is 13.3. The minimum absolute atomic E-state index is 0.242. The van der Waals surface area contributed by atoms with Gasteiger partial charge in [0.15, 0.2) is 5.15 Å². The van der Waals surface area contributed by atoms with Crippen LogP contribution in [-0.2, 0) is 16.1 Å². The van der Waals surface area contributed by atoms with Crippen molar-refractivity contribution in [3.63, 3.8) is 0 Å². The first-order valence-corrected chi connectivity index (χ1v) is 7.54. The summed E-state index contributed by atoms with van der Waals surface area (Å²) < 4.78 is 7.05. The summed E-state index contributed by atoms with van der Waals surface area (Å²) in [6.45, 7) is 2.24. The van der Waals surface area contributed by atoms with Gasteiger partial charge in [-0.15, -0.1) is 0 Å². The lowest BCUT2D eigenvalue weighted by Crippen LogP contribution is -2.01. The largest absolute Gasteiger partial charge is 0.458 e. The Morgan fingerprint density at radius 2 is 2.17 bits per heavy atom. The molecule has 1 aromatic carbocycles. The SMILES string of the molecule is Cc1cccc(COC(=O)/C=C/c2c(Cl)nc3ccccn23)c1. The number of hydrogen-bond donors (Lipinski definition) is 0. The van der Waals surface area contributed by atoms with Crippen molar-refractivity contribution in [2.75, 3.05) is 0 Å². The minimum atomic E-state index is -0.423. The molecule has 4 nitrogen and oxygen atoms in total. The number of esters is 1. The lowest BCUT2D eigenvalue weighted by Gasteiger charge is -2.03. The second kappa shape index (κ2) is 6.67. The fourth-order valence-corrected chi connectivity index (χ4v) is 2.53. The maximum atomic E-state index is 11.9. The van der Waals surface area contributed by atoms with Gasteiger partial charge in [0, 0.05) is 12.3 Å². The normalized spacial score (nSPS) is 11.2. The van der Waals surface area contributed by atoms with Crippen molar-refractivity contribution in [1.82, 2.24) is 9.38 Å². The topological polar surface area (TPSA) is 43.6 Å². The van der Waals surface area contributed by atoms with Crippen molar-refractivity contribution in [1.29, 1.82) is 0 Å². The second-order valence-corrected chi connectivity index (χ2v) is 5.50. The van der Waals surface area contributed by atoms with E-state index in [0.29, 0.717) is 10.8 Å². The second-order valence-electron chi connectivity index (χ2n) is 5.15. The molecular formula is C18H15ClN2O2. The number of benzene rings is 1. The summed E-state index contributed by atoms with van der Waals surface area (Å²) in [6, 6.07) is 13.4. The maximum absolute atomic E-state index is 11.9. The van der Waals surface area contributed by atoms with Gasteiger partial charge in [0.05, 0.1) is 5.69 Å². The van der Waals surface area contributed by atoms with Gasteiger partial charge in [-0.3, -0.25) is 4.40 Å². The third-order valence-electron chi connectivity index (χ3n) is 3.36. The lowest BCUT2D eigenvalue weighted by molar-refractivity contribution is -0.138. The number of carbonyl (C=O) groups excluding carboxylic acids is 1. The first kappa shape index (κ1) is 15.3. The molecule has 0 saturated carbocycles. The van der Waals surface area contributed by atoms with Crippen LogP contribution in [0.4, 0.5) is 0 Å². The third-order valence-corrected chi connectivity index (χ3v) is 3.64. The van der Waals surface area contributed by atoms with Crippen LogP contribution in [0, 0.1) is 6.92 Å². The molecule has 3 aromatic rings. The number of fused-ring (bicyclic) bond motifs is 1. The van der Waals surface area contributed by atoms with Gasteiger partial charge >= 0.3 is 5.97 Å². The van der Waals surface area contributed by atoms with Gasteiger partial charge in [0.1, 0.15) is 12.3 Å². The van der Waals surface area contributed by atoms with E-state index in [0.717, 1.165) is 16.8 Å². The third kappa shape index (κ3) is 3.60. The van der Waals surface area contributed by atoms with Crippen LogP contribution in [0.2, 0.25) is 5.15 Å². The van der Waals surface area contributed by atoms with Gasteiger partial charge in [-0.25, -0.2) is 9.78 Å². The number of hydrogen-bond acceptors (Lipinski definition) is 3. The van der Waals surface area contributed by atoms with Crippen molar-refractivity contribution in [2.45, 2.75) is 13.5 Å². The summed E-state index contributed by atoms with van der Waals surface area (Å²) in [7, 11) is 0. The summed E-state index contributed by atoms with van der Waals surface area (Å²) in [6.07, 6.45) is 4.81. The Labute approximate surface area is 139 Å². The molecule has 0 radical (unpaired) electrons. The highest BCUT2D eigenvalue weighted by Crippen LogP contribution is 2.18. The Hall–Kier alpha value is -2.59. The van der Waals surface area contributed by atoms with Gasteiger partial charge in [-0.05, 0) is 30.7 Å². The molecule has 2 aromatic heterocycles. The number of carbonyl (C=O) groups is 1.